The fraction of sp³-hybridized carbons (Fsp3) is 0.567. The van der Waals surface area contributed by atoms with Crippen molar-refractivity contribution in [2.24, 2.45) is 11.8 Å². The van der Waals surface area contributed by atoms with E-state index < -0.39 is 23.5 Å². The van der Waals surface area contributed by atoms with E-state index in [4.69, 9.17) is 4.74 Å². The first kappa shape index (κ1) is 28.0. The number of ether oxygens (including phenoxy) is 1. The number of unbranched alkanes of at least 4 members (excludes halogenated alkanes) is 2. The second-order valence-corrected chi connectivity index (χ2v) is 10.9. The van der Waals surface area contributed by atoms with E-state index in [0.717, 1.165) is 23.2 Å². The lowest BCUT2D eigenvalue weighted by atomic mass is 9.70. The second kappa shape index (κ2) is 11.4. The zero-order valence-corrected chi connectivity index (χ0v) is 22.9. The third kappa shape index (κ3) is 4.58. The summed E-state index contributed by atoms with van der Waals surface area (Å²) in [5.41, 5.74) is 1.70. The molecule has 3 heterocycles. The maximum atomic E-state index is 14.6. The van der Waals surface area contributed by atoms with Crippen LogP contribution in [0.1, 0.15) is 43.2 Å². The number of anilines is 1. The topological polar surface area (TPSA) is 90.4 Å². The van der Waals surface area contributed by atoms with E-state index in [-0.39, 0.29) is 30.4 Å². The van der Waals surface area contributed by atoms with E-state index in [1.807, 2.05) is 32.0 Å². The van der Waals surface area contributed by atoms with Crippen molar-refractivity contribution in [1.29, 1.82) is 0 Å². The lowest BCUT2D eigenvalue weighted by molar-refractivity contribution is -0.144. The Bertz CT molecular complexity index is 1080. The van der Waals surface area contributed by atoms with Crippen molar-refractivity contribution in [2.45, 2.75) is 63.7 Å². The molecule has 1 N–H and O–H groups in total. The first-order valence-electron chi connectivity index (χ1n) is 13.7. The predicted octanol–water partition coefficient (Wildman–Crippen LogP) is 3.00. The minimum atomic E-state index is -1.04. The van der Waals surface area contributed by atoms with E-state index in [9.17, 15) is 19.5 Å². The third-order valence-corrected chi connectivity index (χ3v) is 8.44. The van der Waals surface area contributed by atoms with Crippen LogP contribution in [0.4, 0.5) is 5.69 Å². The van der Waals surface area contributed by atoms with Gasteiger partial charge in [0.15, 0.2) is 0 Å². The molecule has 4 rings (SSSR count). The number of likely N-dealkylation sites (tertiary alicyclic amines) is 1. The Morgan fingerprint density at radius 1 is 1.13 bits per heavy atom. The average molecular weight is 524 g/mol. The van der Waals surface area contributed by atoms with Crippen molar-refractivity contribution < 1.29 is 24.2 Å². The summed E-state index contributed by atoms with van der Waals surface area (Å²) in [5, 5.41) is 9.25. The molecule has 38 heavy (non-hydrogen) atoms. The summed E-state index contributed by atoms with van der Waals surface area (Å²) in [6, 6.07) is 5.08. The second-order valence-electron chi connectivity index (χ2n) is 10.9. The van der Waals surface area contributed by atoms with E-state index in [0.29, 0.717) is 45.3 Å². The Morgan fingerprint density at radius 3 is 2.45 bits per heavy atom. The number of aliphatic hydroxyl groups excluding tert-OH is 1. The van der Waals surface area contributed by atoms with Crippen molar-refractivity contribution in [3.63, 3.8) is 0 Å². The molecule has 1 spiro atoms. The van der Waals surface area contributed by atoms with Crippen LogP contribution in [-0.4, -0.2) is 83.7 Å². The zero-order chi connectivity index (χ0) is 27.6. The first-order chi connectivity index (χ1) is 18.2. The van der Waals surface area contributed by atoms with Crippen LogP contribution >= 0.6 is 0 Å². The van der Waals surface area contributed by atoms with Crippen molar-refractivity contribution in [2.75, 3.05) is 38.2 Å². The van der Waals surface area contributed by atoms with Crippen LogP contribution in [0.2, 0.25) is 0 Å². The molecule has 8 nitrogen and oxygen atoms in total. The molecule has 3 aliphatic rings. The molecular weight excluding hydrogens is 482 g/mol. The fourth-order valence-corrected chi connectivity index (χ4v) is 6.86. The number of aliphatic hydroxyl groups is 1. The fourth-order valence-electron chi connectivity index (χ4n) is 6.86. The van der Waals surface area contributed by atoms with Gasteiger partial charge in [0.25, 0.3) is 5.91 Å². The van der Waals surface area contributed by atoms with E-state index in [1.165, 1.54) is 0 Å². The highest BCUT2D eigenvalue weighted by Crippen LogP contribution is 2.59. The quantitative estimate of drug-likeness (QED) is 0.336. The van der Waals surface area contributed by atoms with Crippen molar-refractivity contribution in [3.05, 3.63) is 54.6 Å². The van der Waals surface area contributed by atoms with Gasteiger partial charge in [0.05, 0.1) is 17.9 Å². The number of aryl methyl sites for hydroxylation is 2. The Morgan fingerprint density at radius 2 is 1.82 bits per heavy atom. The molecule has 3 amide bonds. The predicted molar refractivity (Wildman–Crippen MR) is 147 cm³/mol. The van der Waals surface area contributed by atoms with Gasteiger partial charge in [-0.25, -0.2) is 0 Å². The number of carbonyl (C=O) groups excluding carboxylic acids is 3. The van der Waals surface area contributed by atoms with Crippen molar-refractivity contribution in [1.82, 2.24) is 9.80 Å². The minimum absolute atomic E-state index is 0.0829. The SMILES string of the molecule is C=CCN(C)C(=O)[C@@H]1[C@H]2C(=O)N(CCCCCO)C(C(=O)N(CC=C)c3c(C)cccc3C)C23CC[C@H]1O3. The summed E-state index contributed by atoms with van der Waals surface area (Å²) in [7, 11) is 1.71. The molecule has 5 atom stereocenters. The molecule has 8 heteroatoms. The molecule has 2 bridgehead atoms. The normalized spacial score (nSPS) is 27.4. The van der Waals surface area contributed by atoms with Gasteiger partial charge in [0.1, 0.15) is 11.6 Å². The molecule has 206 valence electrons. The Kier molecular flexibility index (Phi) is 8.43. The third-order valence-electron chi connectivity index (χ3n) is 8.44. The van der Waals surface area contributed by atoms with Crippen LogP contribution < -0.4 is 4.90 Å². The van der Waals surface area contributed by atoms with E-state index >= 15 is 0 Å². The molecule has 3 aliphatic heterocycles. The number of benzene rings is 1. The number of rotatable bonds is 12. The summed E-state index contributed by atoms with van der Waals surface area (Å²) in [6.07, 6.45) is 6.19. The molecular formula is C30H41N3O5. The Balaban J connectivity index is 1.76. The van der Waals surface area contributed by atoms with Crippen LogP contribution in [0.3, 0.4) is 0 Å². The highest BCUT2D eigenvalue weighted by Gasteiger charge is 2.74. The lowest BCUT2D eigenvalue weighted by Crippen LogP contribution is -2.57. The van der Waals surface area contributed by atoms with Gasteiger partial charge in [-0.2, -0.15) is 0 Å². The molecule has 0 radical (unpaired) electrons. The smallest absolute Gasteiger partial charge is 0.253 e. The highest BCUT2D eigenvalue weighted by atomic mass is 16.5. The zero-order valence-electron chi connectivity index (χ0n) is 22.9. The van der Waals surface area contributed by atoms with Crippen LogP contribution in [-0.2, 0) is 19.1 Å². The van der Waals surface area contributed by atoms with Crippen LogP contribution in [0, 0.1) is 25.7 Å². The largest absolute Gasteiger partial charge is 0.396 e. The molecule has 3 saturated heterocycles. The molecule has 1 aromatic rings. The first-order valence-corrected chi connectivity index (χ1v) is 13.7. The van der Waals surface area contributed by atoms with Gasteiger partial charge >= 0.3 is 0 Å². The number of likely N-dealkylation sites (N-methyl/N-ethyl adjacent to an activating group) is 1. The number of nitrogens with zero attached hydrogens (tertiary/aromatic N) is 3. The maximum absolute atomic E-state index is 14.6. The number of para-hydroxylation sites is 1. The molecule has 2 unspecified atom stereocenters. The summed E-state index contributed by atoms with van der Waals surface area (Å²) < 4.78 is 6.58. The monoisotopic (exact) mass is 523 g/mol. The van der Waals surface area contributed by atoms with Gasteiger partial charge < -0.3 is 24.5 Å². The maximum Gasteiger partial charge on any atom is 0.253 e. The van der Waals surface area contributed by atoms with Gasteiger partial charge in [-0.3, -0.25) is 14.4 Å². The summed E-state index contributed by atoms with van der Waals surface area (Å²) in [5.74, 6) is -1.84. The standard InChI is InChI=1S/C30H41N3O5/c1-6-16-31(5)27(35)23-22-14-15-30(38-22)24(23)28(36)33(18-9-8-10-19-34)26(30)29(37)32(17-7-2)25-20(3)12-11-13-21(25)4/h6-7,11-13,22-24,26,34H,1-2,8-10,14-19H2,3-5H3/t22-,23+,24+,26?,30?/m1/s1. The highest BCUT2D eigenvalue weighted by molar-refractivity contribution is 6.05. The van der Waals surface area contributed by atoms with Crippen molar-refractivity contribution >= 4 is 23.4 Å². The number of amides is 3. The average Bonchev–Trinajstić information content (AvgIpc) is 3.53. The van der Waals surface area contributed by atoms with Gasteiger partial charge in [-0.15, -0.1) is 13.2 Å². The molecule has 3 fully saturated rings. The summed E-state index contributed by atoms with van der Waals surface area (Å²) in [6.45, 7) is 12.7. The number of hydrogen-bond donors (Lipinski definition) is 1. The number of hydrogen-bond acceptors (Lipinski definition) is 5. The van der Waals surface area contributed by atoms with Crippen LogP contribution in [0.25, 0.3) is 0 Å². The van der Waals surface area contributed by atoms with Gasteiger partial charge in [-0.05, 0) is 57.1 Å². The Hall–Kier alpha value is -2.97. The van der Waals surface area contributed by atoms with Crippen molar-refractivity contribution in [3.8, 4) is 0 Å². The summed E-state index contributed by atoms with van der Waals surface area (Å²) in [4.78, 5) is 47.2. The van der Waals surface area contributed by atoms with Gasteiger partial charge in [0, 0.05) is 39.0 Å². The molecule has 0 saturated carbocycles. The lowest BCUT2D eigenvalue weighted by Gasteiger charge is -2.37. The molecule has 0 aromatic heterocycles. The molecule has 1 aromatic carbocycles. The van der Waals surface area contributed by atoms with Crippen LogP contribution in [0.5, 0.6) is 0 Å². The van der Waals surface area contributed by atoms with Crippen LogP contribution in [0.15, 0.2) is 43.5 Å². The van der Waals surface area contributed by atoms with Gasteiger partial charge in [-0.1, -0.05) is 30.4 Å². The molecule has 0 aliphatic carbocycles. The van der Waals surface area contributed by atoms with E-state index in [2.05, 4.69) is 13.2 Å². The van der Waals surface area contributed by atoms with Gasteiger partial charge in [0.2, 0.25) is 11.8 Å². The summed E-state index contributed by atoms with van der Waals surface area (Å²) >= 11 is 0. The van der Waals surface area contributed by atoms with E-state index in [1.54, 1.807) is 33.9 Å². The minimum Gasteiger partial charge on any atom is -0.396 e. The Labute approximate surface area is 225 Å². The number of carbonyl (C=O) groups is 3. The number of fused-ring (bicyclic) bond motifs is 1.